The highest BCUT2D eigenvalue weighted by Crippen LogP contribution is 2.43. The number of benzene rings is 4. The lowest BCUT2D eigenvalue weighted by Crippen LogP contribution is -2.53. The summed E-state index contributed by atoms with van der Waals surface area (Å²) in [6.45, 7) is 0.407. The number of rotatable bonds is 12. The van der Waals surface area contributed by atoms with E-state index in [-0.39, 0.29) is 25.5 Å². The third kappa shape index (κ3) is 7.27. The molecule has 0 aliphatic carbocycles. The average Bonchev–Trinajstić information content (AvgIpc) is 3.39. The van der Waals surface area contributed by atoms with Crippen LogP contribution >= 0.6 is 15.9 Å². The van der Waals surface area contributed by atoms with Gasteiger partial charge in [0.2, 0.25) is 5.90 Å². The van der Waals surface area contributed by atoms with Crippen LogP contribution in [0.2, 0.25) is 0 Å². The van der Waals surface area contributed by atoms with E-state index >= 15 is 0 Å². The minimum Gasteiger partial charge on any atom is -0.494 e. The fraction of sp³-hybridized carbons (Fsp3) is 0.212. The van der Waals surface area contributed by atoms with E-state index in [1.54, 1.807) is 24.3 Å². The summed E-state index contributed by atoms with van der Waals surface area (Å²) >= 11 is 3.61. The van der Waals surface area contributed by atoms with Gasteiger partial charge in [-0.05, 0) is 59.2 Å². The van der Waals surface area contributed by atoms with Crippen LogP contribution in [0.3, 0.4) is 0 Å². The van der Waals surface area contributed by atoms with Crippen LogP contribution in [-0.4, -0.2) is 35.7 Å². The van der Waals surface area contributed by atoms with Crippen LogP contribution in [0.5, 0.6) is 5.75 Å². The van der Waals surface area contributed by atoms with Gasteiger partial charge in [0, 0.05) is 42.1 Å². The van der Waals surface area contributed by atoms with E-state index in [9.17, 15) is 13.6 Å². The number of nitrogens with one attached hydrogen (secondary N) is 2. The van der Waals surface area contributed by atoms with Crippen molar-refractivity contribution in [2.75, 3.05) is 13.2 Å². The van der Waals surface area contributed by atoms with E-state index in [0.29, 0.717) is 29.9 Å². The molecule has 3 N–H and O–H groups in total. The number of hydrazine groups is 1. The maximum Gasteiger partial charge on any atom is 0.266 e. The van der Waals surface area contributed by atoms with Crippen LogP contribution in [0, 0.1) is 11.6 Å². The number of ether oxygens (including phenoxy) is 2. The maximum atomic E-state index is 14.2. The highest BCUT2D eigenvalue weighted by atomic mass is 79.9. The van der Waals surface area contributed by atoms with E-state index < -0.39 is 29.2 Å². The number of hydrogen-bond donors (Lipinski definition) is 3. The second-order valence-corrected chi connectivity index (χ2v) is 10.9. The number of aliphatic hydroxyl groups excluding tert-OH is 1. The second-order valence-electron chi connectivity index (χ2n) is 10.1. The van der Waals surface area contributed by atoms with Gasteiger partial charge in [0.15, 0.2) is 11.6 Å². The Hall–Kier alpha value is -4.12. The molecule has 2 atom stereocenters. The Morgan fingerprint density at radius 1 is 0.977 bits per heavy atom. The van der Waals surface area contributed by atoms with Gasteiger partial charge in [-0.15, -0.1) is 0 Å². The zero-order valence-corrected chi connectivity index (χ0v) is 24.7. The first-order valence-corrected chi connectivity index (χ1v) is 14.5. The Labute approximate surface area is 256 Å². The van der Waals surface area contributed by atoms with Crippen molar-refractivity contribution in [2.24, 2.45) is 4.99 Å². The molecule has 1 aliphatic heterocycles. The first-order valence-electron chi connectivity index (χ1n) is 13.8. The van der Waals surface area contributed by atoms with Crippen LogP contribution in [0.1, 0.15) is 34.8 Å². The molecule has 0 saturated heterocycles. The Kier molecular flexibility index (Phi) is 9.81. The minimum atomic E-state index is -1.46. The summed E-state index contributed by atoms with van der Waals surface area (Å²) in [5, 5.41) is 9.02. The van der Waals surface area contributed by atoms with Gasteiger partial charge >= 0.3 is 0 Å². The molecular weight excluding hydrogens is 620 g/mol. The predicted molar refractivity (Wildman–Crippen MR) is 162 cm³/mol. The Morgan fingerprint density at radius 2 is 1.67 bits per heavy atom. The highest BCUT2D eigenvalue weighted by Gasteiger charge is 2.53. The minimum absolute atomic E-state index is 0.0172. The molecule has 1 aliphatic rings. The van der Waals surface area contributed by atoms with Gasteiger partial charge in [0.1, 0.15) is 17.4 Å². The van der Waals surface area contributed by atoms with Gasteiger partial charge < -0.3 is 14.6 Å². The Bertz CT molecular complexity index is 1570. The van der Waals surface area contributed by atoms with Gasteiger partial charge in [-0.2, -0.15) is 0 Å². The lowest BCUT2D eigenvalue weighted by atomic mass is 9.82. The monoisotopic (exact) mass is 649 g/mol. The summed E-state index contributed by atoms with van der Waals surface area (Å²) in [6, 6.07) is 27.3. The lowest BCUT2D eigenvalue weighted by molar-refractivity contribution is -0.130. The van der Waals surface area contributed by atoms with Crippen molar-refractivity contribution in [3.8, 4) is 5.75 Å². The lowest BCUT2D eigenvalue weighted by Gasteiger charge is -2.31. The molecule has 0 saturated carbocycles. The molecule has 1 amide bonds. The largest absolute Gasteiger partial charge is 0.494 e. The number of carbonyl (C=O) groups excluding carboxylic acids is 1. The highest BCUT2D eigenvalue weighted by molar-refractivity contribution is 9.10. The molecule has 0 spiro atoms. The molecule has 0 aromatic heterocycles. The smallest absolute Gasteiger partial charge is 0.266 e. The molecule has 10 heteroatoms. The molecule has 4 aromatic carbocycles. The molecule has 4 aromatic rings. The summed E-state index contributed by atoms with van der Waals surface area (Å²) in [4.78, 5) is 19.2. The molecule has 5 rings (SSSR count). The fourth-order valence-corrected chi connectivity index (χ4v) is 5.31. The van der Waals surface area contributed by atoms with Gasteiger partial charge in [-0.3, -0.25) is 10.2 Å². The zero-order chi connectivity index (χ0) is 30.2. The molecule has 7 nitrogen and oxygen atoms in total. The van der Waals surface area contributed by atoms with Crippen LogP contribution < -0.4 is 15.6 Å². The number of nitrogens with zero attached hydrogens (tertiary/aromatic N) is 1. The second kappa shape index (κ2) is 13.9. The summed E-state index contributed by atoms with van der Waals surface area (Å²) in [6.07, 6.45) is -0.0997. The number of hydrogen-bond acceptors (Lipinski definition) is 6. The predicted octanol–water partition coefficient (Wildman–Crippen LogP) is 5.81. The van der Waals surface area contributed by atoms with E-state index in [1.165, 1.54) is 12.1 Å². The van der Waals surface area contributed by atoms with E-state index in [2.05, 4.69) is 26.8 Å². The molecule has 222 valence electrons. The number of carbonyl (C=O) groups is 1. The van der Waals surface area contributed by atoms with E-state index in [4.69, 9.17) is 19.6 Å². The summed E-state index contributed by atoms with van der Waals surface area (Å²) in [5.41, 5.74) is 6.64. The quantitative estimate of drug-likeness (QED) is 0.133. The van der Waals surface area contributed by atoms with Crippen molar-refractivity contribution in [3.05, 3.63) is 135 Å². The van der Waals surface area contributed by atoms with Crippen molar-refractivity contribution in [1.29, 1.82) is 0 Å². The third-order valence-electron chi connectivity index (χ3n) is 6.97. The molecular formula is C33H30BrF2N3O4. The number of aliphatic imine (C=N–C) groups is 1. The topological polar surface area (TPSA) is 92.2 Å². The number of halogens is 3. The summed E-state index contributed by atoms with van der Waals surface area (Å²) in [5.74, 6) is -0.981. The number of aliphatic hydroxyl groups is 1. The van der Waals surface area contributed by atoms with Crippen molar-refractivity contribution < 1.29 is 28.2 Å². The van der Waals surface area contributed by atoms with E-state index in [0.717, 1.165) is 21.7 Å². The van der Waals surface area contributed by atoms with Gasteiger partial charge in [0.05, 0.1) is 6.61 Å². The average molecular weight is 651 g/mol. The Morgan fingerprint density at radius 3 is 2.37 bits per heavy atom. The molecule has 1 heterocycles. The van der Waals surface area contributed by atoms with Gasteiger partial charge in [0.25, 0.3) is 5.91 Å². The third-order valence-corrected chi connectivity index (χ3v) is 7.74. The SMILES string of the molecule is O=C(NNCc1cc(F)cc(F)c1)[C@@]1(Cc2ccccc2Br)N=C(c2ccc(OCCCO)cc2)O[C@H]1c1ccccc1. The van der Waals surface area contributed by atoms with Crippen LogP contribution in [0.15, 0.2) is 107 Å². The first kappa shape index (κ1) is 30.3. The van der Waals surface area contributed by atoms with Crippen molar-refractivity contribution >= 4 is 27.7 Å². The molecule has 0 unspecified atom stereocenters. The zero-order valence-electron chi connectivity index (χ0n) is 23.1. The standard InChI is InChI=1S/C33H30BrF2N3O4/c34-29-10-5-4-9-25(29)20-33(32(41)39-37-21-22-17-26(35)19-27(36)18-22)30(23-7-2-1-3-8-23)43-31(38-33)24-11-13-28(14-12-24)42-16-6-15-40/h1-5,7-14,17-19,30,37,40H,6,15-16,20-21H2,(H,39,41)/t30-,33-/m0/s1. The normalized spacial score (nSPS) is 17.7. The maximum absolute atomic E-state index is 14.2. The summed E-state index contributed by atoms with van der Waals surface area (Å²) < 4.78 is 40.4. The van der Waals surface area contributed by atoms with Crippen molar-refractivity contribution in [2.45, 2.75) is 31.0 Å². The van der Waals surface area contributed by atoms with Crippen LogP contribution in [0.25, 0.3) is 0 Å². The molecule has 0 fully saturated rings. The van der Waals surface area contributed by atoms with Gasteiger partial charge in [-0.25, -0.2) is 19.2 Å². The molecule has 0 radical (unpaired) electrons. The van der Waals surface area contributed by atoms with Gasteiger partial charge in [-0.1, -0.05) is 64.5 Å². The first-order chi connectivity index (χ1) is 20.9. The van der Waals surface area contributed by atoms with Crippen LogP contribution in [-0.2, 0) is 22.5 Å². The van der Waals surface area contributed by atoms with Crippen molar-refractivity contribution in [1.82, 2.24) is 10.9 Å². The van der Waals surface area contributed by atoms with E-state index in [1.807, 2.05) is 54.6 Å². The molecule has 0 bridgehead atoms. The van der Waals surface area contributed by atoms with Crippen LogP contribution in [0.4, 0.5) is 8.78 Å². The Balaban J connectivity index is 1.50. The fourth-order valence-electron chi connectivity index (χ4n) is 4.89. The molecule has 43 heavy (non-hydrogen) atoms. The van der Waals surface area contributed by atoms with Crippen molar-refractivity contribution in [3.63, 3.8) is 0 Å². The number of amides is 1. The summed E-state index contributed by atoms with van der Waals surface area (Å²) in [7, 11) is 0.